The van der Waals surface area contributed by atoms with Crippen LogP contribution in [0.25, 0.3) is 17.4 Å². The lowest BCUT2D eigenvalue weighted by Gasteiger charge is -2.22. The minimum Gasteiger partial charge on any atom is -0.481 e. The number of carbonyl (C=O) groups is 3. The van der Waals surface area contributed by atoms with Gasteiger partial charge in [0.05, 0.1) is 4.91 Å². The van der Waals surface area contributed by atoms with Gasteiger partial charge in [0.25, 0.3) is 5.91 Å². The van der Waals surface area contributed by atoms with Crippen molar-refractivity contribution in [1.82, 2.24) is 4.90 Å². The molecule has 2 N–H and O–H groups in total. The van der Waals surface area contributed by atoms with Crippen LogP contribution >= 0.6 is 24.0 Å². The van der Waals surface area contributed by atoms with E-state index < -0.39 is 30.3 Å². The third-order valence-corrected chi connectivity index (χ3v) is 5.41. The molecule has 0 aliphatic carbocycles. The van der Waals surface area contributed by atoms with Gasteiger partial charge in [0.1, 0.15) is 27.7 Å². The van der Waals surface area contributed by atoms with Crippen LogP contribution in [-0.4, -0.2) is 43.3 Å². The summed E-state index contributed by atoms with van der Waals surface area (Å²) >= 11 is 6.04. The maximum atomic E-state index is 13.0. The summed E-state index contributed by atoms with van der Waals surface area (Å²) in [4.78, 5) is 36.0. The number of amides is 1. The minimum absolute atomic E-state index is 0.0318. The molecule has 1 aliphatic rings. The molecule has 1 fully saturated rings. The maximum absolute atomic E-state index is 13.0. The van der Waals surface area contributed by atoms with Crippen LogP contribution in [-0.2, 0) is 14.4 Å². The van der Waals surface area contributed by atoms with Gasteiger partial charge in [-0.25, -0.2) is 9.18 Å². The number of thiocarbonyl (C=S) groups is 1. The second kappa shape index (κ2) is 8.58. The average molecular weight is 435 g/mol. The summed E-state index contributed by atoms with van der Waals surface area (Å²) in [6.45, 7) is 0. The Morgan fingerprint density at radius 1 is 1.21 bits per heavy atom. The summed E-state index contributed by atoms with van der Waals surface area (Å²) in [5, 5.41) is 18.2. The molecule has 29 heavy (non-hydrogen) atoms. The molecule has 1 unspecified atom stereocenters. The number of halogens is 1. The van der Waals surface area contributed by atoms with Crippen LogP contribution in [0.3, 0.4) is 0 Å². The van der Waals surface area contributed by atoms with E-state index >= 15 is 0 Å². The summed E-state index contributed by atoms with van der Waals surface area (Å²) < 4.78 is 18.7. The summed E-state index contributed by atoms with van der Waals surface area (Å²) in [6, 6.07) is 7.61. The zero-order valence-corrected chi connectivity index (χ0v) is 16.3. The largest absolute Gasteiger partial charge is 0.481 e. The highest BCUT2D eigenvalue weighted by Gasteiger charge is 2.40. The number of nitrogens with zero attached hydrogens (tertiary/aromatic N) is 1. The van der Waals surface area contributed by atoms with Crippen molar-refractivity contribution in [3.8, 4) is 11.3 Å². The number of aliphatic carboxylic acids is 2. The quantitative estimate of drug-likeness (QED) is 0.502. The van der Waals surface area contributed by atoms with Crippen molar-refractivity contribution in [2.45, 2.75) is 18.9 Å². The number of carboxylic acid groups (broad SMARTS) is 2. The Hall–Kier alpha value is -2.98. The number of carboxylic acids is 2. The molecule has 1 atom stereocenters. The van der Waals surface area contributed by atoms with Gasteiger partial charge in [-0.05, 0) is 42.8 Å². The molecule has 2 aromatic rings. The molecule has 7 nitrogen and oxygen atoms in total. The Morgan fingerprint density at radius 3 is 2.52 bits per heavy atom. The molecule has 1 amide bonds. The fourth-order valence-electron chi connectivity index (χ4n) is 2.70. The standard InChI is InChI=1S/C19H14FNO6S2/c20-11-3-1-10(2-4-11)14-7-5-12(27-14)9-15-17(24)21(19(28)29-15)13(18(25)26)6-8-16(22)23/h1-5,7,9,13H,6,8H2,(H,22,23)(H,25,26)/b15-9-. The van der Waals surface area contributed by atoms with Gasteiger partial charge in [-0.2, -0.15) is 0 Å². The number of furan rings is 1. The van der Waals surface area contributed by atoms with Crippen molar-refractivity contribution in [3.05, 3.63) is 52.9 Å². The van der Waals surface area contributed by atoms with Crippen LogP contribution in [0.5, 0.6) is 0 Å². The van der Waals surface area contributed by atoms with Crippen LogP contribution in [0.15, 0.2) is 45.7 Å². The number of hydrogen-bond acceptors (Lipinski definition) is 6. The molecule has 1 aromatic carbocycles. The van der Waals surface area contributed by atoms with Crippen molar-refractivity contribution in [2.24, 2.45) is 0 Å². The lowest BCUT2D eigenvalue weighted by Crippen LogP contribution is -2.44. The Kier molecular flexibility index (Phi) is 6.14. The smallest absolute Gasteiger partial charge is 0.326 e. The number of rotatable bonds is 7. The number of thioether (sulfide) groups is 1. The van der Waals surface area contributed by atoms with E-state index in [0.717, 1.165) is 16.7 Å². The van der Waals surface area contributed by atoms with E-state index in [4.69, 9.17) is 21.7 Å². The van der Waals surface area contributed by atoms with Crippen molar-refractivity contribution in [2.75, 3.05) is 0 Å². The first-order valence-corrected chi connectivity index (χ1v) is 9.56. The van der Waals surface area contributed by atoms with E-state index in [1.54, 1.807) is 24.3 Å². The zero-order chi connectivity index (χ0) is 21.1. The molecule has 3 rings (SSSR count). The molecular formula is C19H14FNO6S2. The predicted molar refractivity (Wildman–Crippen MR) is 107 cm³/mol. The molecular weight excluding hydrogens is 421 g/mol. The number of carbonyl (C=O) groups excluding carboxylic acids is 1. The molecule has 0 bridgehead atoms. The average Bonchev–Trinajstić information content (AvgIpc) is 3.22. The minimum atomic E-state index is -1.36. The molecule has 1 aliphatic heterocycles. The van der Waals surface area contributed by atoms with Crippen molar-refractivity contribution in [1.29, 1.82) is 0 Å². The molecule has 0 radical (unpaired) electrons. The highest BCUT2D eigenvalue weighted by Crippen LogP contribution is 2.35. The van der Waals surface area contributed by atoms with Gasteiger partial charge in [-0.3, -0.25) is 14.5 Å². The van der Waals surface area contributed by atoms with Crippen molar-refractivity contribution < 1.29 is 33.4 Å². The Morgan fingerprint density at radius 2 is 1.90 bits per heavy atom. The van der Waals surface area contributed by atoms with E-state index in [-0.39, 0.29) is 21.5 Å². The van der Waals surface area contributed by atoms with Crippen molar-refractivity contribution >= 4 is 52.2 Å². The van der Waals surface area contributed by atoms with Gasteiger partial charge in [0, 0.05) is 18.1 Å². The summed E-state index contributed by atoms with van der Waals surface area (Å²) in [6.07, 6.45) is 0.759. The molecule has 1 aromatic heterocycles. The predicted octanol–water partition coefficient (Wildman–Crippen LogP) is 3.60. The SMILES string of the molecule is O=C(O)CCC(C(=O)O)N1C(=O)/C(=C/c2ccc(-c3ccc(F)cc3)o2)SC1=S. The number of benzene rings is 1. The molecule has 0 spiro atoms. The first-order valence-electron chi connectivity index (χ1n) is 8.33. The van der Waals surface area contributed by atoms with Crippen LogP contribution in [0.4, 0.5) is 4.39 Å². The zero-order valence-electron chi connectivity index (χ0n) is 14.7. The van der Waals surface area contributed by atoms with Gasteiger partial charge in [-0.1, -0.05) is 24.0 Å². The second-order valence-corrected chi connectivity index (χ2v) is 7.72. The Bertz CT molecular complexity index is 1010. The summed E-state index contributed by atoms with van der Waals surface area (Å²) in [5.74, 6) is -2.70. The first kappa shape index (κ1) is 20.7. The monoisotopic (exact) mass is 435 g/mol. The van der Waals surface area contributed by atoms with Gasteiger partial charge in [-0.15, -0.1) is 0 Å². The molecule has 2 heterocycles. The lowest BCUT2D eigenvalue weighted by atomic mass is 10.1. The third kappa shape index (κ3) is 4.72. The fourth-order valence-corrected chi connectivity index (χ4v) is 4.04. The van der Waals surface area contributed by atoms with E-state index in [2.05, 4.69) is 0 Å². The van der Waals surface area contributed by atoms with Crippen LogP contribution in [0, 0.1) is 5.82 Å². The molecule has 150 valence electrons. The van der Waals surface area contributed by atoms with Gasteiger partial charge < -0.3 is 14.6 Å². The number of hydrogen-bond donors (Lipinski definition) is 2. The third-order valence-electron chi connectivity index (χ3n) is 4.08. The highest BCUT2D eigenvalue weighted by atomic mass is 32.2. The molecule has 1 saturated heterocycles. The van der Waals surface area contributed by atoms with Gasteiger partial charge in [0.15, 0.2) is 0 Å². The maximum Gasteiger partial charge on any atom is 0.326 e. The second-order valence-electron chi connectivity index (χ2n) is 6.05. The van der Waals surface area contributed by atoms with Crippen molar-refractivity contribution in [3.63, 3.8) is 0 Å². The molecule has 10 heteroatoms. The molecule has 0 saturated carbocycles. The van der Waals surface area contributed by atoms with Crippen LogP contribution in [0.2, 0.25) is 0 Å². The van der Waals surface area contributed by atoms with E-state index in [9.17, 15) is 23.9 Å². The van der Waals surface area contributed by atoms with Gasteiger partial charge >= 0.3 is 11.9 Å². The Labute approximate surface area is 173 Å². The highest BCUT2D eigenvalue weighted by molar-refractivity contribution is 8.26. The topological polar surface area (TPSA) is 108 Å². The van der Waals surface area contributed by atoms with Gasteiger partial charge in [0.2, 0.25) is 0 Å². The van der Waals surface area contributed by atoms with Crippen LogP contribution in [0.1, 0.15) is 18.6 Å². The summed E-state index contributed by atoms with van der Waals surface area (Å²) in [5.41, 5.74) is 0.651. The van der Waals surface area contributed by atoms with E-state index in [0.29, 0.717) is 17.1 Å². The fraction of sp³-hybridized carbons (Fsp3) is 0.158. The van der Waals surface area contributed by atoms with E-state index in [1.807, 2.05) is 0 Å². The Balaban J connectivity index is 1.81. The summed E-state index contributed by atoms with van der Waals surface area (Å²) in [7, 11) is 0. The normalized spacial score (nSPS) is 16.4. The van der Waals surface area contributed by atoms with Crippen LogP contribution < -0.4 is 0 Å². The first-order chi connectivity index (χ1) is 13.8. The lowest BCUT2D eigenvalue weighted by molar-refractivity contribution is -0.146. The van der Waals surface area contributed by atoms with E-state index in [1.165, 1.54) is 18.2 Å².